The molecule has 2 heterocycles. The van der Waals surface area contributed by atoms with Crippen LogP contribution in [0.2, 0.25) is 0 Å². The summed E-state index contributed by atoms with van der Waals surface area (Å²) in [5, 5.41) is 16.0. The van der Waals surface area contributed by atoms with Gasteiger partial charge in [-0.1, -0.05) is 28.6 Å². The highest BCUT2D eigenvalue weighted by Crippen LogP contribution is 2.33. The summed E-state index contributed by atoms with van der Waals surface area (Å²) in [6.07, 6.45) is 0.921. The Hall–Kier alpha value is -3.13. The third-order valence-electron chi connectivity index (χ3n) is 5.65. The normalized spacial score (nSPS) is 15.0. The number of anilines is 2. The summed E-state index contributed by atoms with van der Waals surface area (Å²) in [4.78, 5) is 30.3. The molecule has 13 heteroatoms. The van der Waals surface area contributed by atoms with Gasteiger partial charge in [0, 0.05) is 26.3 Å². The lowest BCUT2D eigenvalue weighted by Gasteiger charge is -2.15. The molecule has 4 rings (SSSR count). The molecule has 198 valence electrons. The molecule has 0 spiro atoms. The van der Waals surface area contributed by atoms with Crippen molar-refractivity contribution < 1.29 is 27.9 Å². The SMILES string of the molecule is COC[C@@H](C)ON=C(C(=O)Nc1nc2ccc(N(C)CCO)nc2s1)c1ccc(S(=O)(=O)C2CC2)cc1. The number of fused-ring (bicyclic) bond motifs is 1. The van der Waals surface area contributed by atoms with Crippen molar-refractivity contribution in [2.75, 3.05) is 44.1 Å². The number of sulfone groups is 1. The lowest BCUT2D eigenvalue weighted by Crippen LogP contribution is -2.25. The average molecular weight is 548 g/mol. The van der Waals surface area contributed by atoms with Crippen molar-refractivity contribution in [3.05, 3.63) is 42.0 Å². The number of likely N-dealkylation sites (N-methyl/N-ethyl adjacent to an activating group) is 1. The lowest BCUT2D eigenvalue weighted by atomic mass is 10.1. The second-order valence-corrected chi connectivity index (χ2v) is 11.9. The van der Waals surface area contributed by atoms with Gasteiger partial charge in [-0.25, -0.2) is 18.4 Å². The molecule has 11 nitrogen and oxygen atoms in total. The van der Waals surface area contributed by atoms with Gasteiger partial charge in [0.05, 0.1) is 23.4 Å². The van der Waals surface area contributed by atoms with Crippen LogP contribution in [0.25, 0.3) is 10.3 Å². The molecule has 1 aliphatic carbocycles. The largest absolute Gasteiger partial charge is 0.395 e. The Balaban J connectivity index is 1.58. The van der Waals surface area contributed by atoms with Crippen molar-refractivity contribution in [3.63, 3.8) is 0 Å². The summed E-state index contributed by atoms with van der Waals surface area (Å²) in [6, 6.07) is 9.63. The van der Waals surface area contributed by atoms with Gasteiger partial charge in [0.15, 0.2) is 20.7 Å². The molecule has 0 unspecified atom stereocenters. The molecule has 1 fully saturated rings. The fraction of sp³-hybridized carbons (Fsp3) is 0.417. The molecular weight excluding hydrogens is 518 g/mol. The maximum atomic E-state index is 13.3. The van der Waals surface area contributed by atoms with Crippen LogP contribution in [-0.2, 0) is 24.2 Å². The van der Waals surface area contributed by atoms with Crippen LogP contribution in [-0.4, -0.2) is 80.4 Å². The van der Waals surface area contributed by atoms with E-state index in [1.807, 2.05) is 11.9 Å². The summed E-state index contributed by atoms with van der Waals surface area (Å²) < 4.78 is 30.2. The first-order valence-corrected chi connectivity index (χ1v) is 14.1. The molecule has 1 amide bonds. The number of carbonyl (C=O) groups is 1. The highest BCUT2D eigenvalue weighted by Gasteiger charge is 2.36. The van der Waals surface area contributed by atoms with Gasteiger partial charge in [0.1, 0.15) is 22.3 Å². The molecule has 0 aliphatic heterocycles. The van der Waals surface area contributed by atoms with E-state index < -0.39 is 21.8 Å². The summed E-state index contributed by atoms with van der Waals surface area (Å²) in [7, 11) is -0.00512. The number of thiazole rings is 1. The number of aliphatic hydroxyl groups excluding tert-OH is 1. The minimum atomic E-state index is -3.36. The first-order chi connectivity index (χ1) is 17.7. The predicted molar refractivity (Wildman–Crippen MR) is 142 cm³/mol. The van der Waals surface area contributed by atoms with E-state index in [9.17, 15) is 13.2 Å². The van der Waals surface area contributed by atoms with Gasteiger partial charge in [-0.15, -0.1) is 0 Å². The van der Waals surface area contributed by atoms with Crippen molar-refractivity contribution in [1.29, 1.82) is 0 Å². The second-order valence-electron chi connectivity index (χ2n) is 8.69. The smallest absolute Gasteiger partial charge is 0.280 e. The predicted octanol–water partition coefficient (Wildman–Crippen LogP) is 2.45. The molecule has 37 heavy (non-hydrogen) atoms. The lowest BCUT2D eigenvalue weighted by molar-refractivity contribution is -0.110. The number of nitrogens with zero attached hydrogens (tertiary/aromatic N) is 4. The molecule has 1 aliphatic rings. The van der Waals surface area contributed by atoms with Crippen molar-refractivity contribution in [2.24, 2.45) is 5.16 Å². The number of ether oxygens (including phenoxy) is 1. The zero-order chi connectivity index (χ0) is 26.6. The van der Waals surface area contributed by atoms with E-state index >= 15 is 0 Å². The molecular formula is C24H29N5O6S2. The van der Waals surface area contributed by atoms with E-state index in [-0.39, 0.29) is 29.1 Å². The Morgan fingerprint density at radius 3 is 2.62 bits per heavy atom. The summed E-state index contributed by atoms with van der Waals surface area (Å²) in [6.45, 7) is 2.45. The van der Waals surface area contributed by atoms with Crippen molar-refractivity contribution in [3.8, 4) is 0 Å². The number of rotatable bonds is 12. The first kappa shape index (κ1) is 26.9. The number of oxime groups is 1. The van der Waals surface area contributed by atoms with Crippen molar-refractivity contribution >= 4 is 54.1 Å². The first-order valence-electron chi connectivity index (χ1n) is 11.7. The summed E-state index contributed by atoms with van der Waals surface area (Å²) >= 11 is 1.20. The number of aromatic nitrogens is 2. The molecule has 2 N–H and O–H groups in total. The number of carbonyl (C=O) groups excluding carboxylic acids is 1. The van der Waals surface area contributed by atoms with Crippen LogP contribution in [0, 0.1) is 0 Å². The molecule has 1 aromatic carbocycles. The Labute approximate surface area is 219 Å². The van der Waals surface area contributed by atoms with Crippen LogP contribution >= 0.6 is 11.3 Å². The van der Waals surface area contributed by atoms with Crippen LogP contribution in [0.1, 0.15) is 25.3 Å². The number of methoxy groups -OCH3 is 1. The molecule has 3 aromatic rings. The number of hydrogen-bond donors (Lipinski definition) is 2. The minimum Gasteiger partial charge on any atom is -0.395 e. The minimum absolute atomic E-state index is 0.000879. The van der Waals surface area contributed by atoms with Crippen LogP contribution in [0.15, 0.2) is 46.4 Å². The maximum absolute atomic E-state index is 13.3. The molecule has 1 saturated carbocycles. The number of amides is 1. The summed E-state index contributed by atoms with van der Waals surface area (Å²) in [5.41, 5.74) is 0.970. The maximum Gasteiger partial charge on any atom is 0.280 e. The Morgan fingerprint density at radius 1 is 1.24 bits per heavy atom. The van der Waals surface area contributed by atoms with E-state index in [1.54, 1.807) is 31.2 Å². The fourth-order valence-electron chi connectivity index (χ4n) is 3.50. The topological polar surface area (TPSA) is 143 Å². The van der Waals surface area contributed by atoms with Gasteiger partial charge < -0.3 is 19.6 Å². The van der Waals surface area contributed by atoms with Crippen molar-refractivity contribution in [2.45, 2.75) is 36.0 Å². The van der Waals surface area contributed by atoms with Crippen LogP contribution < -0.4 is 10.2 Å². The summed E-state index contributed by atoms with van der Waals surface area (Å²) in [5.74, 6) is 0.103. The standard InChI is InChI=1S/C24H29N5O6S2/c1-15(14-34-3)35-28-21(16-4-6-17(7-5-16)37(32,33)18-8-9-18)22(31)27-24-25-19-10-11-20(26-23(19)36-24)29(2)12-13-30/h4-7,10-11,15,18,30H,8-9,12-14H2,1-3H3,(H,25,27,31)/t15-/m1/s1. The van der Waals surface area contributed by atoms with Crippen molar-refractivity contribution in [1.82, 2.24) is 9.97 Å². The van der Waals surface area contributed by atoms with E-state index in [4.69, 9.17) is 14.7 Å². The zero-order valence-electron chi connectivity index (χ0n) is 20.7. The van der Waals surface area contributed by atoms with E-state index in [0.717, 1.165) is 0 Å². The zero-order valence-corrected chi connectivity index (χ0v) is 22.4. The van der Waals surface area contributed by atoms with Crippen LogP contribution in [0.5, 0.6) is 0 Å². The Morgan fingerprint density at radius 2 is 1.97 bits per heavy atom. The quantitative estimate of drug-likeness (QED) is 0.258. The number of nitrogens with one attached hydrogen (secondary N) is 1. The molecule has 0 radical (unpaired) electrons. The van der Waals surface area contributed by atoms with Gasteiger partial charge >= 0.3 is 0 Å². The highest BCUT2D eigenvalue weighted by molar-refractivity contribution is 7.92. The molecule has 1 atom stereocenters. The van der Waals surface area contributed by atoms with Gasteiger partial charge in [0.25, 0.3) is 5.91 Å². The van der Waals surface area contributed by atoms with Gasteiger partial charge in [0.2, 0.25) is 0 Å². The monoisotopic (exact) mass is 547 g/mol. The molecule has 0 bridgehead atoms. The highest BCUT2D eigenvalue weighted by atomic mass is 32.2. The number of aliphatic hydroxyl groups is 1. The van der Waals surface area contributed by atoms with Crippen LogP contribution in [0.4, 0.5) is 10.9 Å². The van der Waals surface area contributed by atoms with Gasteiger partial charge in [-0.05, 0) is 44.0 Å². The van der Waals surface area contributed by atoms with Crippen LogP contribution in [0.3, 0.4) is 0 Å². The Bertz CT molecular complexity index is 1390. The third-order valence-corrected chi connectivity index (χ3v) is 8.81. The van der Waals surface area contributed by atoms with Gasteiger partial charge in [-0.3, -0.25) is 10.1 Å². The van der Waals surface area contributed by atoms with E-state index in [0.29, 0.717) is 46.2 Å². The number of pyridine rings is 1. The average Bonchev–Trinajstić information content (AvgIpc) is 3.66. The van der Waals surface area contributed by atoms with E-state index in [1.165, 1.54) is 30.6 Å². The second kappa shape index (κ2) is 11.5. The third kappa shape index (κ3) is 6.42. The number of benzene rings is 1. The van der Waals surface area contributed by atoms with E-state index in [2.05, 4.69) is 20.4 Å². The fourth-order valence-corrected chi connectivity index (χ4v) is 5.99. The van der Waals surface area contributed by atoms with Gasteiger partial charge in [-0.2, -0.15) is 0 Å². The Kier molecular flexibility index (Phi) is 8.37. The molecule has 0 saturated heterocycles. The number of hydrogen-bond acceptors (Lipinski definition) is 11. The molecule has 2 aromatic heterocycles.